The molecule has 0 fully saturated rings. The molecule has 0 N–H and O–H groups in total. The Morgan fingerprint density at radius 2 is 0.290 bits per heavy atom. The van der Waals surface area contributed by atoms with Crippen LogP contribution in [0.5, 0.6) is 0 Å². The van der Waals surface area contributed by atoms with E-state index in [1.807, 2.05) is 36.4 Å². The fourth-order valence-electron chi connectivity index (χ4n) is 11.8. The van der Waals surface area contributed by atoms with Gasteiger partial charge in [-0.3, -0.25) is 29.9 Å². The molecule has 24 nitrogen and oxygen atoms in total. The summed E-state index contributed by atoms with van der Waals surface area (Å²) in [5.74, 6) is 0. The molecule has 6 heterocycles. The second-order valence-electron chi connectivity index (χ2n) is 22.6. The molecule has 0 aliphatic carbocycles. The molecule has 0 unspecified atom stereocenters. The summed E-state index contributed by atoms with van der Waals surface area (Å²) < 4.78 is 202. The maximum atomic E-state index is 11.2. The third-order valence-corrected chi connectivity index (χ3v) is 21.7. The fourth-order valence-corrected chi connectivity index (χ4v) is 14.6. The van der Waals surface area contributed by atoms with Gasteiger partial charge in [0.1, 0.15) is 60.7 Å². The minimum Gasteiger partial charge on any atom is -0.744 e. The molecule has 0 aliphatic rings. The first kappa shape index (κ1) is 86.1. The maximum absolute atomic E-state index is 11.2. The molecule has 0 atom stereocenters. The van der Waals surface area contributed by atoms with E-state index in [1.54, 1.807) is 146 Å². The topological polar surface area (TPSA) is 421 Å². The van der Waals surface area contributed by atoms with Crippen molar-refractivity contribution in [2.24, 2.45) is 0 Å². The van der Waals surface area contributed by atoms with E-state index in [2.05, 4.69) is 29.9 Å². The second-order valence-corrected chi connectivity index (χ2v) is 30.9. The molecule has 107 heavy (non-hydrogen) atoms. The molecule has 0 saturated heterocycles. The first-order valence-electron chi connectivity index (χ1n) is 29.8. The third-order valence-electron chi connectivity index (χ3n) is 16.6. The smallest absolute Gasteiger partial charge is 0.744 e. The van der Waals surface area contributed by atoms with E-state index in [4.69, 9.17) is 0 Å². The molecule has 0 bridgehead atoms. The molecule has 35 heteroatoms. The van der Waals surface area contributed by atoms with E-state index in [0.717, 1.165) is 65.7 Å². The summed E-state index contributed by atoms with van der Waals surface area (Å²) in [6.07, 6.45) is 9.74. The number of benzene rings is 9. The summed E-state index contributed by atoms with van der Waals surface area (Å²) in [7, 11) is -27.2. The normalized spacial score (nSPS) is 11.7. The Labute approximate surface area is 714 Å². The van der Waals surface area contributed by atoms with Crippen molar-refractivity contribution in [3.8, 4) is 66.8 Å². The number of rotatable bonds is 12. The number of aromatic nitrogens is 6. The van der Waals surface area contributed by atoms with Gasteiger partial charge in [-0.25, -0.2) is 50.5 Å². The predicted molar refractivity (Wildman–Crippen MR) is 372 cm³/mol. The van der Waals surface area contributed by atoms with Crippen LogP contribution in [0.25, 0.3) is 132 Å². The molecule has 0 amide bonds. The standard InChI is InChI=1S/3C24H16N2O6S2.4Na.Ru/c3*27-33(28,29)17-5-1-15(2-6-17)19-11-13-25-23-21(19)9-10-22-20(12-14-26-24(22)23)16-3-7-18(8-4-16)34(30,31)32;;;;;/h3*1-14H,(H,27,28,29)(H,30,31,32);;;;;/q;;;4*+1;+2/p-6. The second kappa shape index (κ2) is 34.4. The average Bonchev–Trinajstić information content (AvgIpc) is 0.765. The van der Waals surface area contributed by atoms with Crippen molar-refractivity contribution in [3.05, 3.63) is 256 Å². The van der Waals surface area contributed by atoms with Crippen molar-refractivity contribution in [2.75, 3.05) is 0 Å². The van der Waals surface area contributed by atoms with Gasteiger partial charge in [-0.05, 0) is 176 Å². The molecule has 516 valence electrons. The molecule has 0 radical (unpaired) electrons. The van der Waals surface area contributed by atoms with Crippen LogP contribution in [-0.2, 0) is 80.2 Å². The van der Waals surface area contributed by atoms with Crippen molar-refractivity contribution < 1.29 is 216 Å². The quantitative estimate of drug-likeness (QED) is 0.0867. The molecule has 6 aromatic heterocycles. The molecule has 0 spiro atoms. The van der Waals surface area contributed by atoms with E-state index >= 15 is 0 Å². The number of fused-ring (bicyclic) bond motifs is 9. The molecule has 0 aliphatic heterocycles. The van der Waals surface area contributed by atoms with Crippen LogP contribution < -0.4 is 118 Å². The van der Waals surface area contributed by atoms with Crippen molar-refractivity contribution >= 4 is 126 Å². The SMILES string of the molecule is O=S(=O)([O-])c1ccc(-c2ccnc3c2ccc2c(-c4ccc(S(=O)(=O)[O-])cc4)ccnc23)cc1.O=S(=O)([O-])c1ccc(-c2ccnc3c2ccc2c(-c4ccc(S(=O)(=O)[O-])cc4)ccnc23)cc1.O=S(=O)([O-])c1ccc(-c2ccnc3c2ccc2c(-c4ccc(S(=O)(=O)[O-])cc4)ccnc23)cc1.[Na+].[Na+].[Na+].[Na+].[Ru+2]. The number of pyridine rings is 6. The Morgan fingerprint density at radius 3 is 0.393 bits per heavy atom. The Kier molecular flexibility index (Phi) is 27.7. The summed E-state index contributed by atoms with van der Waals surface area (Å²) in [5, 5.41) is 4.70. The molecule has 9 aromatic carbocycles. The zero-order chi connectivity index (χ0) is 72.3. The van der Waals surface area contributed by atoms with Gasteiger partial charge in [0.2, 0.25) is 0 Å². The minimum atomic E-state index is -4.54. The van der Waals surface area contributed by atoms with Gasteiger partial charge >= 0.3 is 138 Å². The van der Waals surface area contributed by atoms with Crippen molar-refractivity contribution in [1.82, 2.24) is 29.9 Å². The Bertz CT molecular complexity index is 5620. The molecule has 15 rings (SSSR count). The fraction of sp³-hybridized carbons (Fsp3) is 0. The summed E-state index contributed by atoms with van der Waals surface area (Å²) in [4.78, 5) is 25.2. The first-order chi connectivity index (χ1) is 48.4. The zero-order valence-corrected chi connectivity index (χ0v) is 70.7. The van der Waals surface area contributed by atoms with Crippen molar-refractivity contribution in [1.29, 1.82) is 0 Å². The summed E-state index contributed by atoms with van der Waals surface area (Å²) in [5.41, 5.74) is 12.7. The van der Waals surface area contributed by atoms with Crippen LogP contribution in [0.15, 0.2) is 285 Å². The van der Waals surface area contributed by atoms with Gasteiger partial charge in [0.05, 0.1) is 62.5 Å². The van der Waals surface area contributed by atoms with E-state index in [-0.39, 0.29) is 167 Å². The first-order valence-corrected chi connectivity index (χ1v) is 38.2. The molecule has 15 aromatic rings. The Hall–Kier alpha value is -6.48. The maximum Gasteiger partial charge on any atom is 2.00 e. The Balaban J connectivity index is 0.000000198. The van der Waals surface area contributed by atoms with Crippen LogP contribution in [0.2, 0.25) is 0 Å². The van der Waals surface area contributed by atoms with Crippen molar-refractivity contribution in [2.45, 2.75) is 29.4 Å². The van der Waals surface area contributed by atoms with E-state index in [1.165, 1.54) is 72.8 Å². The van der Waals surface area contributed by atoms with Crippen LogP contribution in [0.3, 0.4) is 0 Å². The Morgan fingerprint density at radius 1 is 0.178 bits per heavy atom. The number of hydrogen-bond donors (Lipinski definition) is 0. The van der Waals surface area contributed by atoms with Crippen molar-refractivity contribution in [3.63, 3.8) is 0 Å². The van der Waals surface area contributed by atoms with Crippen LogP contribution in [-0.4, -0.2) is 108 Å². The van der Waals surface area contributed by atoms with E-state index < -0.39 is 60.7 Å². The van der Waals surface area contributed by atoms with Gasteiger partial charge < -0.3 is 27.3 Å². The van der Waals surface area contributed by atoms with Gasteiger partial charge in [-0.1, -0.05) is 109 Å². The van der Waals surface area contributed by atoms with E-state index in [9.17, 15) is 77.8 Å². The monoisotopic (exact) mass is 1660 g/mol. The predicted octanol–water partition coefficient (Wildman–Crippen LogP) is -0.211. The number of hydrogen-bond acceptors (Lipinski definition) is 24. The zero-order valence-electron chi connectivity index (χ0n) is 56.1. The van der Waals surface area contributed by atoms with E-state index in [0.29, 0.717) is 66.5 Å². The summed E-state index contributed by atoms with van der Waals surface area (Å²) in [6, 6.07) is 56.1. The van der Waals surface area contributed by atoms with Crippen LogP contribution in [0.1, 0.15) is 0 Å². The van der Waals surface area contributed by atoms with Gasteiger partial charge in [0.15, 0.2) is 0 Å². The van der Waals surface area contributed by atoms with Gasteiger partial charge in [0.25, 0.3) is 0 Å². The summed E-state index contributed by atoms with van der Waals surface area (Å²) >= 11 is 0. The van der Waals surface area contributed by atoms with Gasteiger partial charge in [0, 0.05) is 69.5 Å². The van der Waals surface area contributed by atoms with Crippen LogP contribution in [0, 0.1) is 0 Å². The van der Waals surface area contributed by atoms with Gasteiger partial charge in [-0.2, -0.15) is 0 Å². The summed E-state index contributed by atoms with van der Waals surface area (Å²) in [6.45, 7) is 0. The third kappa shape index (κ3) is 18.8. The number of nitrogens with zero attached hydrogens (tertiary/aromatic N) is 6. The molecular formula is C72H42N6Na4O18RuS6. The largest absolute Gasteiger partial charge is 2.00 e. The average molecular weight is 1660 g/mol. The molecule has 0 saturated carbocycles. The minimum absolute atomic E-state index is 0. The van der Waals surface area contributed by atoms with Gasteiger partial charge in [-0.15, -0.1) is 0 Å². The molecular weight excluding hydrogens is 1620 g/mol. The van der Waals surface area contributed by atoms with Crippen LogP contribution >= 0.6 is 0 Å². The van der Waals surface area contributed by atoms with Crippen LogP contribution in [0.4, 0.5) is 0 Å².